The van der Waals surface area contributed by atoms with Gasteiger partial charge in [-0.3, -0.25) is 4.79 Å². The predicted octanol–water partition coefficient (Wildman–Crippen LogP) is 4.27. The van der Waals surface area contributed by atoms with Crippen molar-refractivity contribution in [3.63, 3.8) is 0 Å². The third-order valence-electron chi connectivity index (χ3n) is 9.57. The number of likely N-dealkylation sites (tertiary alicyclic amines) is 1. The predicted molar refractivity (Wildman–Crippen MR) is 161 cm³/mol. The van der Waals surface area contributed by atoms with Crippen LogP contribution in [0.25, 0.3) is 0 Å². The summed E-state index contributed by atoms with van der Waals surface area (Å²) in [5.74, 6) is 0.427. The van der Waals surface area contributed by atoms with Crippen molar-refractivity contribution in [1.82, 2.24) is 14.8 Å². The molecule has 2 saturated heterocycles. The number of likely N-dealkylation sites (N-methyl/N-ethyl adjacent to an activating group) is 1. The molecular formula is C33H41FN6O2. The van der Waals surface area contributed by atoms with Crippen LogP contribution in [-0.4, -0.2) is 79.2 Å². The largest absolute Gasteiger partial charge is 0.476 e. The van der Waals surface area contributed by atoms with Crippen LogP contribution in [0, 0.1) is 17.2 Å². The van der Waals surface area contributed by atoms with Crippen LogP contribution in [0.4, 0.5) is 15.9 Å². The topological polar surface area (TPSA) is 75.9 Å². The molecule has 0 saturated carbocycles. The van der Waals surface area contributed by atoms with Gasteiger partial charge in [0.15, 0.2) is 5.83 Å². The Kier molecular flexibility index (Phi) is 8.09. The molecule has 3 aliphatic heterocycles. The summed E-state index contributed by atoms with van der Waals surface area (Å²) in [7, 11) is 2.14. The SMILES string of the molecule is C=C(F)C(=O)N1CCN(c2nc(OC[C@@H]3CCCN3C)cc3c2CCN(c2cccc4c2CC(C)C4)C3)C[C@@H]1CC#N. The molecule has 0 spiro atoms. The fourth-order valence-corrected chi connectivity index (χ4v) is 7.33. The number of carbonyl (C=O) groups excluding carboxylic acids is 1. The number of nitrogens with zero attached hydrogens (tertiary/aromatic N) is 6. The molecule has 1 amide bonds. The van der Waals surface area contributed by atoms with Crippen LogP contribution in [0.5, 0.6) is 5.88 Å². The van der Waals surface area contributed by atoms with E-state index in [4.69, 9.17) is 9.72 Å². The number of benzene rings is 1. The molecule has 0 bridgehead atoms. The summed E-state index contributed by atoms with van der Waals surface area (Å²) >= 11 is 0. The minimum absolute atomic E-state index is 0.118. The van der Waals surface area contributed by atoms with Crippen molar-refractivity contribution >= 4 is 17.4 Å². The summed E-state index contributed by atoms with van der Waals surface area (Å²) in [5.41, 5.74) is 6.69. The van der Waals surface area contributed by atoms with Crippen LogP contribution < -0.4 is 14.5 Å². The number of rotatable bonds is 7. The maximum Gasteiger partial charge on any atom is 0.282 e. The Hall–Kier alpha value is -3.64. The normalized spacial score (nSPS) is 23.9. The Balaban J connectivity index is 1.31. The average molecular weight is 573 g/mol. The maximum atomic E-state index is 13.8. The summed E-state index contributed by atoms with van der Waals surface area (Å²) in [6.07, 6.45) is 5.51. The van der Waals surface area contributed by atoms with E-state index >= 15 is 0 Å². The zero-order chi connectivity index (χ0) is 29.4. The molecule has 4 heterocycles. The standard InChI is InChI=1S/C33H41FN6O2/c1-22-16-24-6-4-8-30(29(24)17-22)38-13-10-28-25(19-38)18-31(42-21-27-7-5-12-37(27)3)36-32(28)39-14-15-40(33(41)23(2)34)26(20-39)9-11-35/h4,6,8,18,22,26-27H,2,5,7,9-10,12-17,19-21H2,1,3H3/t22?,26-,27-/m0/s1. The number of carbonyl (C=O) groups is 1. The quantitative estimate of drug-likeness (QED) is 0.459. The maximum absolute atomic E-state index is 13.8. The Labute approximate surface area is 248 Å². The van der Waals surface area contributed by atoms with E-state index in [0.717, 1.165) is 51.1 Å². The van der Waals surface area contributed by atoms with Gasteiger partial charge in [-0.2, -0.15) is 10.2 Å². The highest BCUT2D eigenvalue weighted by atomic mass is 19.1. The lowest BCUT2D eigenvalue weighted by molar-refractivity contribution is -0.131. The fourth-order valence-electron chi connectivity index (χ4n) is 7.33. The zero-order valence-corrected chi connectivity index (χ0v) is 24.8. The second kappa shape index (κ2) is 11.9. The molecule has 3 atom stereocenters. The van der Waals surface area contributed by atoms with Gasteiger partial charge in [-0.1, -0.05) is 25.6 Å². The Bertz CT molecular complexity index is 1410. The molecular weight excluding hydrogens is 531 g/mol. The molecule has 1 aromatic carbocycles. The molecule has 8 nitrogen and oxygen atoms in total. The zero-order valence-electron chi connectivity index (χ0n) is 24.8. The molecule has 1 aliphatic carbocycles. The number of piperazine rings is 1. The third-order valence-corrected chi connectivity index (χ3v) is 9.57. The van der Waals surface area contributed by atoms with E-state index in [0.29, 0.717) is 44.1 Å². The number of hydrogen-bond acceptors (Lipinski definition) is 7. The van der Waals surface area contributed by atoms with Gasteiger partial charge in [0.1, 0.15) is 12.4 Å². The number of halogens is 1. The van der Waals surface area contributed by atoms with E-state index in [1.165, 1.54) is 39.3 Å². The number of ether oxygens (including phenoxy) is 1. The van der Waals surface area contributed by atoms with Crippen molar-refractivity contribution in [3.8, 4) is 11.9 Å². The van der Waals surface area contributed by atoms with Crippen LogP contribution in [0.1, 0.15) is 48.4 Å². The molecule has 6 rings (SSSR count). The van der Waals surface area contributed by atoms with E-state index in [1.807, 2.05) is 0 Å². The van der Waals surface area contributed by atoms with E-state index in [1.54, 1.807) is 0 Å². The molecule has 222 valence electrons. The average Bonchev–Trinajstić information content (AvgIpc) is 3.58. The van der Waals surface area contributed by atoms with Crippen LogP contribution >= 0.6 is 0 Å². The highest BCUT2D eigenvalue weighted by molar-refractivity contribution is 5.91. The smallest absolute Gasteiger partial charge is 0.282 e. The van der Waals surface area contributed by atoms with Crippen molar-refractivity contribution in [2.75, 3.05) is 56.2 Å². The minimum atomic E-state index is -0.990. The summed E-state index contributed by atoms with van der Waals surface area (Å²) in [6, 6.07) is 11.0. The first-order valence-corrected chi connectivity index (χ1v) is 15.3. The van der Waals surface area contributed by atoms with Crippen LogP contribution in [0.3, 0.4) is 0 Å². The molecule has 0 N–H and O–H groups in total. The summed E-state index contributed by atoms with van der Waals surface area (Å²) in [6.45, 7) is 10.1. The van der Waals surface area contributed by atoms with Crippen molar-refractivity contribution < 1.29 is 13.9 Å². The van der Waals surface area contributed by atoms with Gasteiger partial charge in [-0.25, -0.2) is 4.39 Å². The van der Waals surface area contributed by atoms with Gasteiger partial charge >= 0.3 is 0 Å². The number of amides is 1. The van der Waals surface area contributed by atoms with Crippen LogP contribution in [-0.2, 0) is 30.6 Å². The molecule has 4 aliphatic rings. The molecule has 1 unspecified atom stereocenters. The lowest BCUT2D eigenvalue weighted by atomic mass is 9.97. The van der Waals surface area contributed by atoms with Gasteiger partial charge in [-0.15, -0.1) is 0 Å². The Morgan fingerprint density at radius 1 is 1.14 bits per heavy atom. The molecule has 1 aromatic heterocycles. The second-order valence-electron chi connectivity index (χ2n) is 12.5. The van der Waals surface area contributed by atoms with Gasteiger partial charge in [-0.05, 0) is 74.4 Å². The van der Waals surface area contributed by atoms with Crippen molar-refractivity contribution in [1.29, 1.82) is 5.26 Å². The van der Waals surface area contributed by atoms with Gasteiger partial charge in [0.05, 0.1) is 18.5 Å². The van der Waals surface area contributed by atoms with E-state index < -0.39 is 17.8 Å². The highest BCUT2D eigenvalue weighted by Crippen LogP contribution is 2.38. The molecule has 9 heteroatoms. The van der Waals surface area contributed by atoms with E-state index in [-0.39, 0.29) is 6.42 Å². The monoisotopic (exact) mass is 572 g/mol. The molecule has 2 aromatic rings. The molecule has 2 fully saturated rings. The van der Waals surface area contributed by atoms with Crippen molar-refractivity contribution in [3.05, 3.63) is 58.9 Å². The van der Waals surface area contributed by atoms with Gasteiger partial charge in [0.25, 0.3) is 5.91 Å². The van der Waals surface area contributed by atoms with E-state index in [2.05, 4.69) is 65.6 Å². The van der Waals surface area contributed by atoms with Crippen LogP contribution in [0.15, 0.2) is 36.7 Å². The lowest BCUT2D eigenvalue weighted by Crippen LogP contribution is -2.55. The Morgan fingerprint density at radius 3 is 2.76 bits per heavy atom. The first-order chi connectivity index (χ1) is 20.3. The summed E-state index contributed by atoms with van der Waals surface area (Å²) in [5, 5.41) is 9.50. The molecule has 42 heavy (non-hydrogen) atoms. The van der Waals surface area contributed by atoms with Gasteiger partial charge in [0, 0.05) is 56.1 Å². The molecule has 0 radical (unpaired) electrons. The first kappa shape index (κ1) is 28.5. The highest BCUT2D eigenvalue weighted by Gasteiger charge is 2.35. The summed E-state index contributed by atoms with van der Waals surface area (Å²) < 4.78 is 20.2. The number of pyridine rings is 1. The van der Waals surface area contributed by atoms with Gasteiger partial charge in [0.2, 0.25) is 5.88 Å². The number of fused-ring (bicyclic) bond motifs is 2. The van der Waals surface area contributed by atoms with Crippen molar-refractivity contribution in [2.24, 2.45) is 5.92 Å². The second-order valence-corrected chi connectivity index (χ2v) is 12.5. The first-order valence-electron chi connectivity index (χ1n) is 15.3. The lowest BCUT2D eigenvalue weighted by Gasteiger charge is -2.42. The number of nitriles is 1. The van der Waals surface area contributed by atoms with Gasteiger partial charge < -0.3 is 24.3 Å². The Morgan fingerprint density at radius 2 is 2.00 bits per heavy atom. The number of aromatic nitrogens is 1. The number of anilines is 2. The van der Waals surface area contributed by atoms with Crippen LogP contribution in [0.2, 0.25) is 0 Å². The number of hydrogen-bond donors (Lipinski definition) is 0. The minimum Gasteiger partial charge on any atom is -0.476 e. The van der Waals surface area contributed by atoms with E-state index in [9.17, 15) is 14.4 Å². The summed E-state index contributed by atoms with van der Waals surface area (Å²) in [4.78, 5) is 26.0. The third kappa shape index (κ3) is 5.57. The van der Waals surface area contributed by atoms with Crippen molar-refractivity contribution in [2.45, 2.75) is 64.1 Å². The fraction of sp³-hybridized carbons (Fsp3) is 0.545.